The van der Waals surface area contributed by atoms with Gasteiger partial charge in [0.2, 0.25) is 5.91 Å². The summed E-state index contributed by atoms with van der Waals surface area (Å²) < 4.78 is 0. The molecule has 0 aliphatic carbocycles. The van der Waals surface area contributed by atoms with Crippen molar-refractivity contribution in [1.82, 2.24) is 10.2 Å². The smallest absolute Gasteiger partial charge is 0.323 e. The Morgan fingerprint density at radius 2 is 2.29 bits per heavy atom. The van der Waals surface area contributed by atoms with E-state index in [1.54, 1.807) is 18.7 Å². The topological polar surface area (TPSA) is 49.4 Å². The molecule has 0 saturated carbocycles. The van der Waals surface area contributed by atoms with Crippen LogP contribution in [0.2, 0.25) is 0 Å². The van der Waals surface area contributed by atoms with Crippen molar-refractivity contribution in [2.75, 3.05) is 13.1 Å². The van der Waals surface area contributed by atoms with Crippen LogP contribution < -0.4 is 5.32 Å². The number of imide groups is 1. The van der Waals surface area contributed by atoms with Crippen LogP contribution in [0.3, 0.4) is 0 Å². The van der Waals surface area contributed by atoms with Crippen molar-refractivity contribution in [3.8, 4) is 11.8 Å². The van der Waals surface area contributed by atoms with E-state index in [0.29, 0.717) is 19.5 Å². The SMILES string of the molecule is CC#CCCN1CC(C)C(=O)NC1=O. The number of urea groups is 1. The Hall–Kier alpha value is -1.50. The Morgan fingerprint density at radius 1 is 1.57 bits per heavy atom. The number of hydrogen-bond donors (Lipinski definition) is 1. The van der Waals surface area contributed by atoms with Crippen molar-refractivity contribution >= 4 is 11.9 Å². The van der Waals surface area contributed by atoms with E-state index < -0.39 is 0 Å². The fraction of sp³-hybridized carbons (Fsp3) is 0.600. The second-order valence-electron chi connectivity index (χ2n) is 3.32. The molecule has 0 aromatic carbocycles. The van der Waals surface area contributed by atoms with E-state index in [1.807, 2.05) is 0 Å². The van der Waals surface area contributed by atoms with Crippen molar-refractivity contribution in [2.45, 2.75) is 20.3 Å². The van der Waals surface area contributed by atoms with E-state index in [1.165, 1.54) is 0 Å². The molecule has 1 N–H and O–H groups in total. The molecule has 4 nitrogen and oxygen atoms in total. The quantitative estimate of drug-likeness (QED) is 0.654. The fourth-order valence-corrected chi connectivity index (χ4v) is 1.31. The second-order valence-corrected chi connectivity index (χ2v) is 3.32. The minimum absolute atomic E-state index is 0.123. The molecule has 1 saturated heterocycles. The van der Waals surface area contributed by atoms with E-state index in [2.05, 4.69) is 17.2 Å². The summed E-state index contributed by atoms with van der Waals surface area (Å²) in [6.07, 6.45) is 0.658. The third-order valence-corrected chi connectivity index (χ3v) is 2.14. The highest BCUT2D eigenvalue weighted by Crippen LogP contribution is 2.07. The van der Waals surface area contributed by atoms with Gasteiger partial charge in [-0.05, 0) is 6.92 Å². The van der Waals surface area contributed by atoms with Gasteiger partial charge in [-0.1, -0.05) is 6.92 Å². The Balaban J connectivity index is 2.47. The van der Waals surface area contributed by atoms with Crippen molar-refractivity contribution in [2.24, 2.45) is 5.92 Å². The van der Waals surface area contributed by atoms with Gasteiger partial charge in [0.15, 0.2) is 0 Å². The molecule has 1 rings (SSSR count). The Bertz CT molecular complexity index is 301. The fourth-order valence-electron chi connectivity index (χ4n) is 1.31. The summed E-state index contributed by atoms with van der Waals surface area (Å²) in [5.41, 5.74) is 0. The molecule has 0 aromatic rings. The van der Waals surface area contributed by atoms with Gasteiger partial charge in [0, 0.05) is 19.5 Å². The summed E-state index contributed by atoms with van der Waals surface area (Å²) in [6.45, 7) is 4.66. The largest absolute Gasteiger partial charge is 0.324 e. The first-order valence-electron chi connectivity index (χ1n) is 4.64. The van der Waals surface area contributed by atoms with Gasteiger partial charge < -0.3 is 4.90 Å². The van der Waals surface area contributed by atoms with Crippen LogP contribution in [0, 0.1) is 17.8 Å². The number of carbonyl (C=O) groups is 2. The summed E-state index contributed by atoms with van der Waals surface area (Å²) >= 11 is 0. The average molecular weight is 194 g/mol. The maximum Gasteiger partial charge on any atom is 0.324 e. The van der Waals surface area contributed by atoms with Crippen molar-refractivity contribution in [3.05, 3.63) is 0 Å². The minimum atomic E-state index is -0.300. The number of nitrogens with one attached hydrogen (secondary N) is 1. The predicted molar refractivity (Wildman–Crippen MR) is 52.3 cm³/mol. The van der Waals surface area contributed by atoms with Gasteiger partial charge in [-0.25, -0.2) is 4.79 Å². The van der Waals surface area contributed by atoms with Crippen LogP contribution >= 0.6 is 0 Å². The molecular weight excluding hydrogens is 180 g/mol. The van der Waals surface area contributed by atoms with Gasteiger partial charge in [0.25, 0.3) is 0 Å². The van der Waals surface area contributed by atoms with Gasteiger partial charge in [0.1, 0.15) is 0 Å². The zero-order valence-corrected chi connectivity index (χ0v) is 8.46. The highest BCUT2D eigenvalue weighted by molar-refractivity contribution is 5.97. The first kappa shape index (κ1) is 10.6. The molecule has 0 bridgehead atoms. The van der Waals surface area contributed by atoms with E-state index in [0.717, 1.165) is 0 Å². The lowest BCUT2D eigenvalue weighted by Crippen LogP contribution is -2.53. The van der Waals surface area contributed by atoms with E-state index in [4.69, 9.17) is 0 Å². The van der Waals surface area contributed by atoms with Crippen LogP contribution in [0.25, 0.3) is 0 Å². The van der Waals surface area contributed by atoms with Crippen LogP contribution in [0.4, 0.5) is 4.79 Å². The highest BCUT2D eigenvalue weighted by atomic mass is 16.2. The zero-order chi connectivity index (χ0) is 10.6. The molecule has 76 valence electrons. The lowest BCUT2D eigenvalue weighted by Gasteiger charge is -2.29. The summed E-state index contributed by atoms with van der Waals surface area (Å²) in [5, 5.41) is 2.31. The number of carbonyl (C=O) groups excluding carboxylic acids is 2. The monoisotopic (exact) mass is 194 g/mol. The zero-order valence-electron chi connectivity index (χ0n) is 8.46. The molecule has 1 aliphatic rings. The lowest BCUT2D eigenvalue weighted by atomic mass is 10.1. The molecule has 0 spiro atoms. The van der Waals surface area contributed by atoms with Crippen LogP contribution in [-0.2, 0) is 4.79 Å². The van der Waals surface area contributed by atoms with Crippen LogP contribution in [0.5, 0.6) is 0 Å². The average Bonchev–Trinajstić information content (AvgIpc) is 2.14. The molecule has 1 unspecified atom stereocenters. The third-order valence-electron chi connectivity index (χ3n) is 2.14. The molecular formula is C10H14N2O2. The number of rotatable bonds is 2. The molecule has 1 atom stereocenters. The second kappa shape index (κ2) is 4.66. The molecule has 4 heteroatoms. The number of amides is 3. The maximum atomic E-state index is 11.3. The van der Waals surface area contributed by atoms with E-state index in [-0.39, 0.29) is 17.9 Å². The maximum absolute atomic E-state index is 11.3. The van der Waals surface area contributed by atoms with Crippen LogP contribution in [0.1, 0.15) is 20.3 Å². The highest BCUT2D eigenvalue weighted by Gasteiger charge is 2.28. The molecule has 1 heterocycles. The molecule has 0 aromatic heterocycles. The molecule has 1 fully saturated rings. The van der Waals surface area contributed by atoms with Gasteiger partial charge in [-0.3, -0.25) is 10.1 Å². The van der Waals surface area contributed by atoms with E-state index >= 15 is 0 Å². The first-order chi connectivity index (χ1) is 6.65. The van der Waals surface area contributed by atoms with Crippen LogP contribution in [-0.4, -0.2) is 29.9 Å². The summed E-state index contributed by atoms with van der Waals surface area (Å²) in [4.78, 5) is 24.0. The lowest BCUT2D eigenvalue weighted by molar-refractivity contribution is -0.125. The van der Waals surface area contributed by atoms with E-state index in [9.17, 15) is 9.59 Å². The Morgan fingerprint density at radius 3 is 2.93 bits per heavy atom. The molecule has 0 radical (unpaired) electrons. The van der Waals surface area contributed by atoms with Gasteiger partial charge >= 0.3 is 6.03 Å². The van der Waals surface area contributed by atoms with Gasteiger partial charge in [-0.2, -0.15) is 0 Å². The summed E-state index contributed by atoms with van der Waals surface area (Å²) in [5.74, 6) is 5.34. The van der Waals surface area contributed by atoms with Crippen molar-refractivity contribution < 1.29 is 9.59 Å². The summed E-state index contributed by atoms with van der Waals surface area (Å²) in [7, 11) is 0. The standard InChI is InChI=1S/C10H14N2O2/c1-3-4-5-6-12-7-8(2)9(13)11-10(12)14/h8H,5-7H2,1-2H3,(H,11,13,14). The van der Waals surface area contributed by atoms with Crippen molar-refractivity contribution in [3.63, 3.8) is 0 Å². The Labute approximate surface area is 83.6 Å². The molecule has 3 amide bonds. The molecule has 1 aliphatic heterocycles. The normalized spacial score (nSPS) is 21.3. The third kappa shape index (κ3) is 2.49. The van der Waals surface area contributed by atoms with Gasteiger partial charge in [-0.15, -0.1) is 11.8 Å². The number of nitrogens with zero attached hydrogens (tertiary/aromatic N) is 1. The first-order valence-corrected chi connectivity index (χ1v) is 4.64. The molecule has 14 heavy (non-hydrogen) atoms. The minimum Gasteiger partial charge on any atom is -0.323 e. The van der Waals surface area contributed by atoms with Gasteiger partial charge in [0.05, 0.1) is 5.92 Å². The number of hydrogen-bond acceptors (Lipinski definition) is 2. The van der Waals surface area contributed by atoms with Crippen molar-refractivity contribution in [1.29, 1.82) is 0 Å². The van der Waals surface area contributed by atoms with Crippen LogP contribution in [0.15, 0.2) is 0 Å². The summed E-state index contributed by atoms with van der Waals surface area (Å²) in [6, 6.07) is -0.300. The Kier molecular flexibility index (Phi) is 3.52. The predicted octanol–water partition coefficient (Wildman–Crippen LogP) is 0.588.